The number of benzene rings is 1. The Kier molecular flexibility index (Phi) is 4.61. The van der Waals surface area contributed by atoms with E-state index in [2.05, 4.69) is 15.0 Å². The van der Waals surface area contributed by atoms with Crippen molar-refractivity contribution >= 4 is 6.21 Å². The van der Waals surface area contributed by atoms with E-state index in [1.54, 1.807) is 19.5 Å². The summed E-state index contributed by atoms with van der Waals surface area (Å²) in [6.45, 7) is 2.54. The molecule has 0 saturated carbocycles. The van der Waals surface area contributed by atoms with Crippen LogP contribution in [0.5, 0.6) is 5.75 Å². The average Bonchev–Trinajstić information content (AvgIpc) is 2.46. The van der Waals surface area contributed by atoms with Crippen molar-refractivity contribution in [2.24, 2.45) is 4.99 Å². The Morgan fingerprint density at radius 2 is 2.05 bits per heavy atom. The van der Waals surface area contributed by atoms with E-state index in [-0.39, 0.29) is 0 Å². The van der Waals surface area contributed by atoms with Crippen LogP contribution in [0.2, 0.25) is 0 Å². The van der Waals surface area contributed by atoms with Crippen LogP contribution in [-0.2, 0) is 13.0 Å². The van der Waals surface area contributed by atoms with E-state index < -0.39 is 0 Å². The van der Waals surface area contributed by atoms with Crippen molar-refractivity contribution in [2.45, 2.75) is 19.9 Å². The maximum Gasteiger partial charge on any atom is 0.123 e. The first-order chi connectivity index (χ1) is 9.29. The van der Waals surface area contributed by atoms with E-state index in [4.69, 9.17) is 4.74 Å². The van der Waals surface area contributed by atoms with Crippen molar-refractivity contribution in [2.75, 3.05) is 7.11 Å². The van der Waals surface area contributed by atoms with Crippen molar-refractivity contribution in [3.63, 3.8) is 0 Å². The van der Waals surface area contributed by atoms with Crippen LogP contribution in [0.1, 0.15) is 17.0 Å². The maximum absolute atomic E-state index is 5.28. The second kappa shape index (κ2) is 6.64. The highest BCUT2D eigenvalue weighted by atomic mass is 16.5. The third kappa shape index (κ3) is 3.88. The fraction of sp³-hybridized carbons (Fsp3) is 0.267. The molecule has 0 aliphatic carbocycles. The monoisotopic (exact) mass is 255 g/mol. The summed E-state index contributed by atoms with van der Waals surface area (Å²) in [6.07, 6.45) is 6.11. The van der Waals surface area contributed by atoms with Gasteiger partial charge >= 0.3 is 0 Å². The maximum atomic E-state index is 5.28. The topological polar surface area (TPSA) is 47.4 Å². The summed E-state index contributed by atoms with van der Waals surface area (Å²) in [7, 11) is 1.67. The molecule has 19 heavy (non-hydrogen) atoms. The SMILES string of the molecule is COc1ccccc1CN=CCc1cnc(C)cn1. The second-order valence-electron chi connectivity index (χ2n) is 4.19. The molecule has 0 atom stereocenters. The highest BCUT2D eigenvalue weighted by molar-refractivity contribution is 5.60. The molecular formula is C15H17N3O. The Bertz CT molecular complexity index is 550. The fourth-order valence-electron chi connectivity index (χ4n) is 1.68. The third-order valence-electron chi connectivity index (χ3n) is 2.72. The number of ether oxygens (including phenoxy) is 1. The van der Waals surface area contributed by atoms with Gasteiger partial charge in [-0.15, -0.1) is 0 Å². The molecule has 2 rings (SSSR count). The van der Waals surface area contributed by atoms with E-state index in [1.807, 2.05) is 37.4 Å². The Labute approximate surface area is 113 Å². The molecule has 0 bridgehead atoms. The summed E-state index contributed by atoms with van der Waals surface area (Å²) < 4.78 is 5.28. The molecule has 0 radical (unpaired) electrons. The van der Waals surface area contributed by atoms with Crippen LogP contribution in [0.25, 0.3) is 0 Å². The largest absolute Gasteiger partial charge is 0.496 e. The number of methoxy groups -OCH3 is 1. The Hall–Kier alpha value is -2.23. The molecule has 0 unspecified atom stereocenters. The minimum Gasteiger partial charge on any atom is -0.496 e. The number of aryl methyl sites for hydroxylation is 1. The highest BCUT2D eigenvalue weighted by Crippen LogP contribution is 2.17. The van der Waals surface area contributed by atoms with Crippen LogP contribution < -0.4 is 4.74 Å². The van der Waals surface area contributed by atoms with Crippen molar-refractivity contribution < 1.29 is 4.74 Å². The number of para-hydroxylation sites is 1. The number of aliphatic imine (C=N–C) groups is 1. The van der Waals surface area contributed by atoms with Crippen molar-refractivity contribution in [3.05, 3.63) is 53.6 Å². The summed E-state index contributed by atoms with van der Waals surface area (Å²) in [5.74, 6) is 0.870. The third-order valence-corrected chi connectivity index (χ3v) is 2.72. The summed E-state index contributed by atoms with van der Waals surface area (Å²) in [5, 5.41) is 0. The van der Waals surface area contributed by atoms with E-state index in [0.717, 1.165) is 22.7 Å². The molecule has 2 aromatic rings. The van der Waals surface area contributed by atoms with E-state index >= 15 is 0 Å². The van der Waals surface area contributed by atoms with Crippen LogP contribution in [-0.4, -0.2) is 23.3 Å². The molecule has 0 saturated heterocycles. The lowest BCUT2D eigenvalue weighted by Gasteiger charge is -2.04. The minimum atomic E-state index is 0.614. The number of hydrogen-bond acceptors (Lipinski definition) is 4. The van der Waals surface area contributed by atoms with Gasteiger partial charge in [0.1, 0.15) is 5.75 Å². The smallest absolute Gasteiger partial charge is 0.123 e. The van der Waals surface area contributed by atoms with Gasteiger partial charge in [-0.05, 0) is 13.0 Å². The van der Waals surface area contributed by atoms with Gasteiger partial charge in [-0.2, -0.15) is 0 Å². The van der Waals surface area contributed by atoms with Crippen LogP contribution in [0.3, 0.4) is 0 Å². The van der Waals surface area contributed by atoms with Gasteiger partial charge in [0.25, 0.3) is 0 Å². The summed E-state index contributed by atoms with van der Waals surface area (Å²) >= 11 is 0. The van der Waals surface area contributed by atoms with Crippen molar-refractivity contribution in [1.82, 2.24) is 9.97 Å². The van der Waals surface area contributed by atoms with Gasteiger partial charge < -0.3 is 4.74 Å². The predicted octanol–water partition coefficient (Wildman–Crippen LogP) is 2.61. The Morgan fingerprint density at radius 1 is 1.21 bits per heavy atom. The van der Waals surface area contributed by atoms with Gasteiger partial charge in [0.2, 0.25) is 0 Å². The van der Waals surface area contributed by atoms with Crippen LogP contribution >= 0.6 is 0 Å². The zero-order chi connectivity index (χ0) is 13.5. The van der Waals surface area contributed by atoms with Gasteiger partial charge in [0, 0.05) is 30.6 Å². The minimum absolute atomic E-state index is 0.614. The van der Waals surface area contributed by atoms with Gasteiger partial charge in [-0.1, -0.05) is 18.2 Å². The zero-order valence-electron chi connectivity index (χ0n) is 11.2. The van der Waals surface area contributed by atoms with Crippen LogP contribution in [0.15, 0.2) is 41.7 Å². The predicted molar refractivity (Wildman–Crippen MR) is 75.7 cm³/mol. The molecule has 0 fully saturated rings. The first-order valence-corrected chi connectivity index (χ1v) is 6.17. The molecule has 1 heterocycles. The normalized spacial score (nSPS) is 10.8. The van der Waals surface area contributed by atoms with Crippen molar-refractivity contribution in [3.8, 4) is 5.75 Å². The Balaban J connectivity index is 1.91. The lowest BCUT2D eigenvalue weighted by molar-refractivity contribution is 0.410. The van der Waals surface area contributed by atoms with Crippen LogP contribution in [0, 0.1) is 6.92 Å². The number of aromatic nitrogens is 2. The van der Waals surface area contributed by atoms with Gasteiger partial charge in [-0.25, -0.2) is 0 Å². The molecule has 4 heteroatoms. The molecule has 1 aromatic carbocycles. The first kappa shape index (κ1) is 13.2. The fourth-order valence-corrected chi connectivity index (χ4v) is 1.68. The van der Waals surface area contributed by atoms with Crippen molar-refractivity contribution in [1.29, 1.82) is 0 Å². The van der Waals surface area contributed by atoms with E-state index in [1.165, 1.54) is 0 Å². The molecule has 0 aliphatic rings. The number of rotatable bonds is 5. The molecular weight excluding hydrogens is 238 g/mol. The average molecular weight is 255 g/mol. The first-order valence-electron chi connectivity index (χ1n) is 6.17. The summed E-state index contributed by atoms with van der Waals surface area (Å²) in [4.78, 5) is 12.9. The van der Waals surface area contributed by atoms with Gasteiger partial charge in [0.05, 0.1) is 25.0 Å². The molecule has 4 nitrogen and oxygen atoms in total. The molecule has 0 N–H and O–H groups in total. The standard InChI is InChI=1S/C15H17N3O/c1-12-9-18-14(11-17-12)7-8-16-10-13-5-3-4-6-15(13)19-2/h3-6,8-9,11H,7,10H2,1-2H3. The van der Waals surface area contributed by atoms with Gasteiger partial charge in [-0.3, -0.25) is 15.0 Å². The molecule has 0 amide bonds. The van der Waals surface area contributed by atoms with E-state index in [0.29, 0.717) is 13.0 Å². The van der Waals surface area contributed by atoms with E-state index in [9.17, 15) is 0 Å². The second-order valence-corrected chi connectivity index (χ2v) is 4.19. The highest BCUT2D eigenvalue weighted by Gasteiger charge is 1.99. The molecule has 98 valence electrons. The number of nitrogens with zero attached hydrogens (tertiary/aromatic N) is 3. The number of hydrogen-bond donors (Lipinski definition) is 0. The lowest BCUT2D eigenvalue weighted by Crippen LogP contribution is -1.95. The molecule has 0 spiro atoms. The van der Waals surface area contributed by atoms with Gasteiger partial charge in [0.15, 0.2) is 0 Å². The molecule has 0 aliphatic heterocycles. The summed E-state index contributed by atoms with van der Waals surface area (Å²) in [5.41, 5.74) is 2.93. The Morgan fingerprint density at radius 3 is 2.79 bits per heavy atom. The lowest BCUT2D eigenvalue weighted by atomic mass is 10.2. The van der Waals surface area contributed by atoms with Crippen LogP contribution in [0.4, 0.5) is 0 Å². The molecule has 1 aromatic heterocycles. The zero-order valence-corrected chi connectivity index (χ0v) is 11.2. The quantitative estimate of drug-likeness (QED) is 0.771. The summed E-state index contributed by atoms with van der Waals surface area (Å²) in [6, 6.07) is 7.89.